The van der Waals surface area contributed by atoms with Crippen LogP contribution in [0.1, 0.15) is 10.5 Å². The number of aromatic nitrogens is 2. The SMILES string of the molecule is CN1CC2(C1)CN(C(=O)c1cn3ccsc3n1)C2. The van der Waals surface area contributed by atoms with Crippen LogP contribution < -0.4 is 0 Å². The number of thiazole rings is 1. The molecule has 0 aromatic carbocycles. The number of rotatable bonds is 1. The molecule has 2 aliphatic heterocycles. The summed E-state index contributed by atoms with van der Waals surface area (Å²) in [6.07, 6.45) is 3.76. The molecule has 0 unspecified atom stereocenters. The molecule has 5 nitrogen and oxygen atoms in total. The highest BCUT2D eigenvalue weighted by molar-refractivity contribution is 7.15. The summed E-state index contributed by atoms with van der Waals surface area (Å²) in [5.41, 5.74) is 0.964. The molecule has 2 saturated heterocycles. The molecule has 0 N–H and O–H groups in total. The third kappa shape index (κ3) is 1.36. The van der Waals surface area contributed by atoms with E-state index in [4.69, 9.17) is 0 Å². The molecule has 0 saturated carbocycles. The quantitative estimate of drug-likeness (QED) is 0.762. The van der Waals surface area contributed by atoms with E-state index >= 15 is 0 Å². The molecule has 2 aromatic heterocycles. The Morgan fingerprint density at radius 2 is 2.17 bits per heavy atom. The molecule has 2 aromatic rings. The lowest BCUT2D eigenvalue weighted by Crippen LogP contribution is -2.72. The Morgan fingerprint density at radius 1 is 1.39 bits per heavy atom. The van der Waals surface area contributed by atoms with Gasteiger partial charge in [0, 0.05) is 49.4 Å². The van der Waals surface area contributed by atoms with Gasteiger partial charge in [0.05, 0.1) is 0 Å². The Hall–Kier alpha value is -1.40. The number of carbonyl (C=O) groups excluding carboxylic acids is 1. The smallest absolute Gasteiger partial charge is 0.274 e. The Kier molecular flexibility index (Phi) is 1.95. The van der Waals surface area contributed by atoms with Gasteiger partial charge in [-0.2, -0.15) is 0 Å². The third-order valence-electron chi connectivity index (χ3n) is 3.86. The van der Waals surface area contributed by atoms with Crippen molar-refractivity contribution in [2.75, 3.05) is 33.2 Å². The van der Waals surface area contributed by atoms with Crippen molar-refractivity contribution in [3.63, 3.8) is 0 Å². The number of fused-ring (bicyclic) bond motifs is 1. The van der Waals surface area contributed by atoms with Crippen molar-refractivity contribution >= 4 is 22.2 Å². The standard InChI is InChI=1S/C12H14N4OS/c1-14-5-12(6-14)7-16(8-12)10(17)9-4-15-2-3-18-11(15)13-9/h2-4H,5-8H2,1H3. The molecule has 0 bridgehead atoms. The highest BCUT2D eigenvalue weighted by atomic mass is 32.1. The summed E-state index contributed by atoms with van der Waals surface area (Å²) in [5, 5.41) is 1.97. The molecule has 4 rings (SSSR count). The molecule has 2 aliphatic rings. The van der Waals surface area contributed by atoms with E-state index in [0.29, 0.717) is 11.1 Å². The Balaban J connectivity index is 1.50. The molecule has 0 aliphatic carbocycles. The minimum atomic E-state index is 0.0751. The summed E-state index contributed by atoms with van der Waals surface area (Å²) >= 11 is 1.55. The van der Waals surface area contributed by atoms with Gasteiger partial charge in [0.2, 0.25) is 0 Å². The highest BCUT2D eigenvalue weighted by Gasteiger charge is 2.52. The van der Waals surface area contributed by atoms with Crippen LogP contribution in [0, 0.1) is 5.41 Å². The van der Waals surface area contributed by atoms with E-state index in [0.717, 1.165) is 31.1 Å². The fraction of sp³-hybridized carbons (Fsp3) is 0.500. The second kappa shape index (κ2) is 3.33. The lowest BCUT2D eigenvalue weighted by molar-refractivity contribution is -0.0873. The van der Waals surface area contributed by atoms with Gasteiger partial charge in [-0.15, -0.1) is 11.3 Å². The van der Waals surface area contributed by atoms with Crippen LogP contribution in [-0.2, 0) is 0 Å². The molecule has 0 atom stereocenters. The van der Waals surface area contributed by atoms with E-state index in [1.165, 1.54) is 0 Å². The topological polar surface area (TPSA) is 40.9 Å². The van der Waals surface area contributed by atoms with Crippen LogP contribution in [0.25, 0.3) is 4.96 Å². The summed E-state index contributed by atoms with van der Waals surface area (Å²) in [5.74, 6) is 0.0751. The number of likely N-dealkylation sites (tertiary alicyclic amines) is 2. The van der Waals surface area contributed by atoms with E-state index in [1.807, 2.05) is 27.1 Å². The Morgan fingerprint density at radius 3 is 2.83 bits per heavy atom. The first kappa shape index (κ1) is 10.5. The zero-order valence-corrected chi connectivity index (χ0v) is 11.0. The predicted octanol–water partition coefficient (Wildman–Crippen LogP) is 0.783. The van der Waals surface area contributed by atoms with Crippen LogP contribution in [0.15, 0.2) is 17.8 Å². The average Bonchev–Trinajstić information content (AvgIpc) is 2.79. The minimum Gasteiger partial charge on any atom is -0.336 e. The van der Waals surface area contributed by atoms with Gasteiger partial charge in [-0.3, -0.25) is 9.20 Å². The lowest BCUT2D eigenvalue weighted by Gasteiger charge is -2.59. The molecule has 18 heavy (non-hydrogen) atoms. The molecule has 4 heterocycles. The minimum absolute atomic E-state index is 0.0751. The normalized spacial score (nSPS) is 22.2. The van der Waals surface area contributed by atoms with Crippen LogP contribution in [0.4, 0.5) is 0 Å². The fourth-order valence-corrected chi connectivity index (χ4v) is 3.90. The number of nitrogens with zero attached hydrogens (tertiary/aromatic N) is 4. The second-order valence-corrected chi connectivity index (χ2v) is 6.43. The zero-order valence-electron chi connectivity index (χ0n) is 10.2. The van der Waals surface area contributed by atoms with Crippen LogP contribution in [-0.4, -0.2) is 58.3 Å². The lowest BCUT2D eigenvalue weighted by atomic mass is 9.73. The summed E-state index contributed by atoms with van der Waals surface area (Å²) in [6, 6.07) is 0. The maximum Gasteiger partial charge on any atom is 0.274 e. The van der Waals surface area contributed by atoms with Crippen molar-refractivity contribution in [2.24, 2.45) is 5.41 Å². The van der Waals surface area contributed by atoms with Gasteiger partial charge in [0.15, 0.2) is 4.96 Å². The summed E-state index contributed by atoms with van der Waals surface area (Å²) in [7, 11) is 2.12. The molecule has 1 spiro atoms. The average molecular weight is 262 g/mol. The number of hydrogen-bond donors (Lipinski definition) is 0. The summed E-state index contributed by atoms with van der Waals surface area (Å²) < 4.78 is 1.91. The second-order valence-electron chi connectivity index (χ2n) is 5.55. The van der Waals surface area contributed by atoms with Crippen LogP contribution in [0.2, 0.25) is 0 Å². The largest absolute Gasteiger partial charge is 0.336 e. The van der Waals surface area contributed by atoms with Gasteiger partial charge < -0.3 is 9.80 Å². The monoisotopic (exact) mass is 262 g/mol. The number of hydrogen-bond acceptors (Lipinski definition) is 4. The van der Waals surface area contributed by atoms with Crippen molar-refractivity contribution in [3.8, 4) is 0 Å². The van der Waals surface area contributed by atoms with Gasteiger partial charge >= 0.3 is 0 Å². The van der Waals surface area contributed by atoms with Crippen molar-refractivity contribution in [1.82, 2.24) is 19.2 Å². The molecule has 0 radical (unpaired) electrons. The molecular weight excluding hydrogens is 248 g/mol. The Labute approximate surface area is 109 Å². The maximum atomic E-state index is 12.2. The van der Waals surface area contributed by atoms with E-state index in [1.54, 1.807) is 11.3 Å². The first-order valence-electron chi connectivity index (χ1n) is 6.05. The molecule has 6 heteroatoms. The van der Waals surface area contributed by atoms with E-state index in [-0.39, 0.29) is 5.91 Å². The van der Waals surface area contributed by atoms with Gasteiger partial charge in [-0.1, -0.05) is 0 Å². The van der Waals surface area contributed by atoms with Gasteiger partial charge in [0.1, 0.15) is 5.69 Å². The number of imidazole rings is 1. The molecule has 2 fully saturated rings. The van der Waals surface area contributed by atoms with Crippen LogP contribution >= 0.6 is 11.3 Å². The Bertz CT molecular complexity index is 588. The van der Waals surface area contributed by atoms with Gasteiger partial charge in [-0.25, -0.2) is 4.98 Å². The number of carbonyl (C=O) groups is 1. The van der Waals surface area contributed by atoms with Crippen molar-refractivity contribution in [3.05, 3.63) is 23.5 Å². The number of amides is 1. The van der Waals surface area contributed by atoms with Crippen molar-refractivity contribution in [2.45, 2.75) is 0 Å². The predicted molar refractivity (Wildman–Crippen MR) is 68.9 cm³/mol. The van der Waals surface area contributed by atoms with Crippen molar-refractivity contribution in [1.29, 1.82) is 0 Å². The van der Waals surface area contributed by atoms with Crippen molar-refractivity contribution < 1.29 is 4.79 Å². The summed E-state index contributed by atoms with van der Waals surface area (Å²) in [6.45, 7) is 4.02. The first-order valence-corrected chi connectivity index (χ1v) is 6.93. The van der Waals surface area contributed by atoms with E-state index in [9.17, 15) is 4.79 Å². The van der Waals surface area contributed by atoms with Gasteiger partial charge in [0.25, 0.3) is 5.91 Å². The molecule has 1 amide bonds. The first-order chi connectivity index (χ1) is 8.65. The van der Waals surface area contributed by atoms with E-state index in [2.05, 4.69) is 16.9 Å². The third-order valence-corrected chi connectivity index (χ3v) is 4.63. The molecular formula is C12H14N4OS. The van der Waals surface area contributed by atoms with E-state index < -0.39 is 0 Å². The van der Waals surface area contributed by atoms with Crippen LogP contribution in [0.5, 0.6) is 0 Å². The summed E-state index contributed by atoms with van der Waals surface area (Å²) in [4.78, 5) is 21.7. The fourth-order valence-electron chi connectivity index (χ4n) is 3.20. The van der Waals surface area contributed by atoms with Gasteiger partial charge in [-0.05, 0) is 7.05 Å². The molecule has 94 valence electrons. The highest BCUT2D eigenvalue weighted by Crippen LogP contribution is 2.39. The zero-order chi connectivity index (χ0) is 12.3. The maximum absolute atomic E-state index is 12.2. The van der Waals surface area contributed by atoms with Crippen LogP contribution in [0.3, 0.4) is 0 Å².